The predicted octanol–water partition coefficient (Wildman–Crippen LogP) is 15.2. The zero-order valence-electron chi connectivity index (χ0n) is 33.3. The van der Waals surface area contributed by atoms with Crippen LogP contribution in [0.25, 0.3) is 33.0 Å². The maximum absolute atomic E-state index is 8.63. The van der Waals surface area contributed by atoms with Gasteiger partial charge in [0.25, 0.3) is 0 Å². The minimum atomic E-state index is 0.322. The van der Waals surface area contributed by atoms with Gasteiger partial charge in [0, 0.05) is 0 Å². The lowest BCUT2D eigenvalue weighted by molar-refractivity contribution is 0.415. The van der Waals surface area contributed by atoms with Crippen LogP contribution in [0.1, 0.15) is 78.4 Å². The molecule has 0 fully saturated rings. The van der Waals surface area contributed by atoms with Crippen molar-refractivity contribution >= 4 is 10.8 Å². The Hall–Kier alpha value is -5.60. The molecule has 0 aliphatic heterocycles. The highest BCUT2D eigenvalue weighted by molar-refractivity contribution is 5.83. The van der Waals surface area contributed by atoms with Crippen molar-refractivity contribution in [3.63, 3.8) is 0 Å². The Kier molecular flexibility index (Phi) is 20.9. The van der Waals surface area contributed by atoms with Crippen molar-refractivity contribution in [2.45, 2.75) is 67.2 Å². The number of benzene rings is 7. The van der Waals surface area contributed by atoms with Crippen LogP contribution in [0.5, 0.6) is 11.5 Å². The fourth-order valence-electron chi connectivity index (χ4n) is 5.10. The summed E-state index contributed by atoms with van der Waals surface area (Å²) in [5.41, 5.74) is 7.95. The normalized spacial score (nSPS) is 9.64. The van der Waals surface area contributed by atoms with Crippen LogP contribution >= 0.6 is 0 Å². The van der Waals surface area contributed by atoms with E-state index in [0.29, 0.717) is 17.6 Å². The Bertz CT molecular complexity index is 1820. The average Bonchev–Trinajstić information content (AvgIpc) is 3.24. The molecule has 0 aliphatic carbocycles. The van der Waals surface area contributed by atoms with Crippen LogP contribution in [-0.4, -0.2) is 12.2 Å². The SMILES string of the molecule is CC.CC.CC(C)c1ccc(-c2ccccc2)cc1.CC(C)c1ccc(-c2ccccc2)cc1.COc1ccc2ccccc2c1.Oc1ccccc1. The van der Waals surface area contributed by atoms with Crippen molar-refractivity contribution in [3.8, 4) is 33.8 Å². The average molecular weight is 705 g/mol. The molecule has 0 heterocycles. The summed E-state index contributed by atoms with van der Waals surface area (Å²) in [5.74, 6) is 2.45. The second-order valence-electron chi connectivity index (χ2n) is 12.3. The molecule has 2 heteroatoms. The fourth-order valence-corrected chi connectivity index (χ4v) is 5.10. The van der Waals surface area contributed by atoms with Gasteiger partial charge in [-0.15, -0.1) is 0 Å². The first-order valence-corrected chi connectivity index (χ1v) is 18.9. The molecule has 2 nitrogen and oxygen atoms in total. The maximum atomic E-state index is 8.63. The Balaban J connectivity index is 0.000000243. The molecule has 53 heavy (non-hydrogen) atoms. The monoisotopic (exact) mass is 704 g/mol. The molecule has 0 radical (unpaired) electrons. The first-order chi connectivity index (χ1) is 25.8. The molecule has 0 unspecified atom stereocenters. The van der Waals surface area contributed by atoms with Gasteiger partial charge in [0.1, 0.15) is 11.5 Å². The first-order valence-electron chi connectivity index (χ1n) is 18.9. The van der Waals surface area contributed by atoms with Gasteiger partial charge >= 0.3 is 0 Å². The molecule has 0 spiro atoms. The van der Waals surface area contributed by atoms with Crippen molar-refractivity contribution in [3.05, 3.63) is 193 Å². The number of hydrogen-bond acceptors (Lipinski definition) is 2. The van der Waals surface area contributed by atoms with Crippen LogP contribution in [-0.2, 0) is 0 Å². The number of para-hydroxylation sites is 1. The maximum Gasteiger partial charge on any atom is 0.119 e. The van der Waals surface area contributed by atoms with Crippen molar-refractivity contribution in [1.29, 1.82) is 0 Å². The van der Waals surface area contributed by atoms with E-state index in [1.807, 2.05) is 70.2 Å². The Morgan fingerprint density at radius 2 is 0.717 bits per heavy atom. The summed E-state index contributed by atoms with van der Waals surface area (Å²) in [6.45, 7) is 16.9. The molecular weight excluding hydrogens is 645 g/mol. The van der Waals surface area contributed by atoms with Gasteiger partial charge in [0.15, 0.2) is 0 Å². The van der Waals surface area contributed by atoms with Crippen LogP contribution in [0.4, 0.5) is 0 Å². The van der Waals surface area contributed by atoms with E-state index >= 15 is 0 Å². The molecule has 0 aromatic heterocycles. The summed E-state index contributed by atoms with van der Waals surface area (Å²) in [6.07, 6.45) is 0. The number of phenolic OH excluding ortho intramolecular Hbond substituents is 1. The van der Waals surface area contributed by atoms with Gasteiger partial charge in [-0.2, -0.15) is 0 Å². The quantitative estimate of drug-likeness (QED) is 0.193. The minimum Gasteiger partial charge on any atom is -0.508 e. The van der Waals surface area contributed by atoms with Gasteiger partial charge < -0.3 is 9.84 Å². The Morgan fingerprint density at radius 3 is 1.06 bits per heavy atom. The number of hydrogen-bond donors (Lipinski definition) is 1. The third-order valence-corrected chi connectivity index (χ3v) is 8.08. The van der Waals surface area contributed by atoms with E-state index in [9.17, 15) is 0 Å². The zero-order valence-corrected chi connectivity index (χ0v) is 33.3. The molecule has 7 rings (SSSR count). The predicted molar refractivity (Wildman–Crippen MR) is 233 cm³/mol. The summed E-state index contributed by atoms with van der Waals surface area (Å²) < 4.78 is 5.12. The number of rotatable bonds is 5. The molecule has 0 amide bonds. The Morgan fingerprint density at radius 1 is 0.377 bits per heavy atom. The highest BCUT2D eigenvalue weighted by Gasteiger charge is 2.01. The lowest BCUT2D eigenvalue weighted by Crippen LogP contribution is -1.86. The minimum absolute atomic E-state index is 0.322. The standard InChI is InChI=1S/2C15H16.C11H10O.C6H6O.2C2H6/c2*1-12(2)13-8-10-15(11-9-13)14-6-4-3-5-7-14;1-12-11-7-6-9-4-2-3-5-10(9)8-11;7-6-4-2-1-3-5-6;2*1-2/h2*3-12H,1-2H3;2-8H,1H3;1-5,7H;2*1-2H3. The van der Waals surface area contributed by atoms with Crippen LogP contribution in [0.2, 0.25) is 0 Å². The number of ether oxygens (including phenoxy) is 1. The van der Waals surface area contributed by atoms with Gasteiger partial charge in [0.2, 0.25) is 0 Å². The number of methoxy groups -OCH3 is 1. The third kappa shape index (κ3) is 15.7. The molecule has 0 saturated carbocycles. The van der Waals surface area contributed by atoms with Crippen LogP contribution in [0, 0.1) is 0 Å². The first kappa shape index (κ1) is 43.6. The van der Waals surface area contributed by atoms with Crippen molar-refractivity contribution in [1.82, 2.24) is 0 Å². The second-order valence-corrected chi connectivity index (χ2v) is 12.3. The van der Waals surface area contributed by atoms with Crippen LogP contribution < -0.4 is 4.74 Å². The van der Waals surface area contributed by atoms with E-state index < -0.39 is 0 Å². The summed E-state index contributed by atoms with van der Waals surface area (Å²) in [6, 6.07) is 61.7. The highest BCUT2D eigenvalue weighted by atomic mass is 16.5. The van der Waals surface area contributed by atoms with E-state index in [1.165, 1.54) is 44.2 Å². The summed E-state index contributed by atoms with van der Waals surface area (Å²) >= 11 is 0. The van der Waals surface area contributed by atoms with Crippen molar-refractivity contribution < 1.29 is 9.84 Å². The lowest BCUT2D eigenvalue weighted by Gasteiger charge is -2.06. The largest absolute Gasteiger partial charge is 0.508 e. The van der Waals surface area contributed by atoms with Gasteiger partial charge in [-0.25, -0.2) is 0 Å². The van der Waals surface area contributed by atoms with Crippen molar-refractivity contribution in [2.75, 3.05) is 7.11 Å². The zero-order chi connectivity index (χ0) is 38.8. The molecule has 0 saturated heterocycles. The van der Waals surface area contributed by atoms with Gasteiger partial charge in [-0.1, -0.05) is 213 Å². The van der Waals surface area contributed by atoms with Crippen LogP contribution in [0.3, 0.4) is 0 Å². The summed E-state index contributed by atoms with van der Waals surface area (Å²) in [4.78, 5) is 0. The molecular formula is C51H60O2. The van der Waals surface area contributed by atoms with E-state index in [1.54, 1.807) is 31.4 Å². The fraction of sp³-hybridized carbons (Fsp3) is 0.216. The number of phenols is 1. The van der Waals surface area contributed by atoms with E-state index in [-0.39, 0.29) is 0 Å². The van der Waals surface area contributed by atoms with Gasteiger partial charge in [-0.05, 0) is 80.3 Å². The topological polar surface area (TPSA) is 29.5 Å². The number of fused-ring (bicyclic) bond motifs is 1. The summed E-state index contributed by atoms with van der Waals surface area (Å²) in [7, 11) is 1.68. The van der Waals surface area contributed by atoms with E-state index in [4.69, 9.17) is 9.84 Å². The van der Waals surface area contributed by atoms with Crippen molar-refractivity contribution in [2.24, 2.45) is 0 Å². The molecule has 7 aromatic rings. The second kappa shape index (κ2) is 25.4. The third-order valence-electron chi connectivity index (χ3n) is 8.08. The molecule has 0 bridgehead atoms. The van der Waals surface area contributed by atoms with Gasteiger partial charge in [-0.3, -0.25) is 0 Å². The lowest BCUT2D eigenvalue weighted by atomic mass is 9.99. The Labute approximate surface area is 320 Å². The molecule has 0 aliphatic rings. The molecule has 0 atom stereocenters. The highest BCUT2D eigenvalue weighted by Crippen LogP contribution is 2.24. The summed E-state index contributed by atoms with van der Waals surface area (Å²) in [5, 5.41) is 11.1. The smallest absolute Gasteiger partial charge is 0.119 e. The van der Waals surface area contributed by atoms with Crippen LogP contribution in [0.15, 0.2) is 182 Å². The molecule has 1 N–H and O–H groups in total. The van der Waals surface area contributed by atoms with E-state index in [0.717, 1.165) is 5.75 Å². The number of aromatic hydroxyl groups is 1. The molecule has 7 aromatic carbocycles. The molecule has 276 valence electrons. The van der Waals surface area contributed by atoms with E-state index in [2.05, 4.69) is 143 Å². The van der Waals surface area contributed by atoms with Gasteiger partial charge in [0.05, 0.1) is 7.11 Å².